The van der Waals surface area contributed by atoms with Crippen LogP contribution in [0.5, 0.6) is 5.75 Å². The van der Waals surface area contributed by atoms with Crippen LogP contribution < -0.4 is 15.4 Å². The lowest BCUT2D eigenvalue weighted by Gasteiger charge is -2.31. The highest BCUT2D eigenvalue weighted by molar-refractivity contribution is 7.20. The zero-order valence-corrected chi connectivity index (χ0v) is 16.6. The van der Waals surface area contributed by atoms with Crippen LogP contribution in [-0.2, 0) is 15.0 Å². The molecule has 2 aromatic heterocycles. The number of anilines is 2. The number of amides is 2. The maximum atomic E-state index is 13.1. The van der Waals surface area contributed by atoms with Gasteiger partial charge in [-0.15, -0.1) is 0 Å². The second-order valence-electron chi connectivity index (χ2n) is 7.28. The number of fused-ring (bicyclic) bond motifs is 5. The van der Waals surface area contributed by atoms with Crippen LogP contribution in [0.4, 0.5) is 11.5 Å². The first-order valence-corrected chi connectivity index (χ1v) is 10.2. The Bertz CT molecular complexity index is 1370. The fourth-order valence-electron chi connectivity index (χ4n) is 4.31. The quantitative estimate of drug-likeness (QED) is 0.522. The Kier molecular flexibility index (Phi) is 3.37. The Morgan fingerprint density at radius 2 is 2.00 bits per heavy atom. The second kappa shape index (κ2) is 5.90. The van der Waals surface area contributed by atoms with Gasteiger partial charge in [-0.25, -0.2) is 4.98 Å². The predicted octanol–water partition coefficient (Wildman–Crippen LogP) is 3.07. The number of rotatable bonds is 2. The average molecular weight is 417 g/mol. The first kappa shape index (κ1) is 17.2. The van der Waals surface area contributed by atoms with Crippen LogP contribution in [0.25, 0.3) is 15.3 Å². The van der Waals surface area contributed by atoms with Crippen LogP contribution in [0.3, 0.4) is 0 Å². The molecule has 1 atom stereocenters. The Hall–Kier alpha value is -3.72. The van der Waals surface area contributed by atoms with Gasteiger partial charge in [0.2, 0.25) is 16.9 Å². The van der Waals surface area contributed by atoms with Crippen LogP contribution in [0.2, 0.25) is 0 Å². The summed E-state index contributed by atoms with van der Waals surface area (Å²) in [7, 11) is 1.62. The van der Waals surface area contributed by atoms with Gasteiger partial charge in [-0.2, -0.15) is 9.78 Å². The van der Waals surface area contributed by atoms with Crippen molar-refractivity contribution in [3.63, 3.8) is 0 Å². The number of nitrogens with one attached hydrogen (secondary N) is 2. The third-order valence-corrected chi connectivity index (χ3v) is 6.69. The summed E-state index contributed by atoms with van der Waals surface area (Å²) in [4.78, 5) is 30.5. The number of para-hydroxylation sites is 1. The number of benzene rings is 2. The van der Waals surface area contributed by atoms with Gasteiger partial charge in [-0.05, 0) is 29.8 Å². The van der Waals surface area contributed by atoms with Gasteiger partial charge in [0.25, 0.3) is 0 Å². The second-order valence-corrected chi connectivity index (χ2v) is 8.29. The molecule has 0 bridgehead atoms. The van der Waals surface area contributed by atoms with Gasteiger partial charge >= 0.3 is 0 Å². The molecule has 30 heavy (non-hydrogen) atoms. The summed E-state index contributed by atoms with van der Waals surface area (Å²) in [5.74, 6) is 0.767. The molecule has 8 nitrogen and oxygen atoms in total. The van der Waals surface area contributed by atoms with E-state index in [4.69, 9.17) is 4.74 Å². The van der Waals surface area contributed by atoms with Gasteiger partial charge in [0, 0.05) is 17.7 Å². The highest BCUT2D eigenvalue weighted by Gasteiger charge is 2.54. The van der Waals surface area contributed by atoms with Crippen LogP contribution >= 0.6 is 11.3 Å². The first-order chi connectivity index (χ1) is 14.6. The van der Waals surface area contributed by atoms with Crippen molar-refractivity contribution in [2.24, 2.45) is 0 Å². The molecule has 2 aromatic carbocycles. The summed E-state index contributed by atoms with van der Waals surface area (Å²) in [5.41, 5.74) is 1.90. The third-order valence-electron chi connectivity index (χ3n) is 5.70. The van der Waals surface area contributed by atoms with E-state index in [1.807, 2.05) is 42.5 Å². The Morgan fingerprint density at radius 1 is 1.13 bits per heavy atom. The number of hydrogen-bond donors (Lipinski definition) is 2. The molecule has 0 radical (unpaired) electrons. The summed E-state index contributed by atoms with van der Waals surface area (Å²) < 4.78 is 7.83. The zero-order chi connectivity index (χ0) is 20.5. The zero-order valence-electron chi connectivity index (χ0n) is 15.8. The standard InChI is InChI=1S/C21H15N5O3S/c1-29-11-6-7-15-16(8-11)30-20(24-15)26-18-13(10-22-26)21(9-17(27)25-18)12-4-2-3-5-14(12)23-19(21)28/h2-8,10H,9H2,1H3,(H,23,28)(H,25,27)/t21-/m1/s1. The Labute approximate surface area is 174 Å². The molecule has 0 saturated heterocycles. The van der Waals surface area contributed by atoms with Crippen molar-refractivity contribution in [2.45, 2.75) is 11.8 Å². The van der Waals surface area contributed by atoms with Crippen molar-refractivity contribution < 1.29 is 14.3 Å². The number of aromatic nitrogens is 3. The average Bonchev–Trinajstić information content (AvgIpc) is 3.42. The normalized spacial score (nSPS) is 19.5. The van der Waals surface area contributed by atoms with Crippen molar-refractivity contribution in [3.8, 4) is 10.9 Å². The first-order valence-electron chi connectivity index (χ1n) is 9.34. The van der Waals surface area contributed by atoms with Crippen molar-refractivity contribution in [1.82, 2.24) is 14.8 Å². The molecule has 2 aliphatic rings. The lowest BCUT2D eigenvalue weighted by atomic mass is 9.72. The maximum absolute atomic E-state index is 13.1. The van der Waals surface area contributed by atoms with E-state index in [-0.39, 0.29) is 18.2 Å². The van der Waals surface area contributed by atoms with Gasteiger partial charge in [-0.1, -0.05) is 29.5 Å². The van der Waals surface area contributed by atoms with Gasteiger partial charge in [0.05, 0.1) is 23.5 Å². The third kappa shape index (κ3) is 2.15. The SMILES string of the molecule is COc1ccc2nc(-n3ncc4c3NC(=O)C[C@]43C(=O)Nc4ccccc43)sc2c1. The van der Waals surface area contributed by atoms with Crippen LogP contribution in [0, 0.1) is 0 Å². The monoisotopic (exact) mass is 417 g/mol. The van der Waals surface area contributed by atoms with Crippen LogP contribution in [-0.4, -0.2) is 33.7 Å². The summed E-state index contributed by atoms with van der Waals surface area (Å²) in [6.07, 6.45) is 1.69. The number of nitrogens with zero attached hydrogens (tertiary/aromatic N) is 3. The predicted molar refractivity (Wildman–Crippen MR) is 112 cm³/mol. The van der Waals surface area contributed by atoms with Crippen molar-refractivity contribution >= 4 is 44.9 Å². The molecule has 0 fully saturated rings. The molecule has 0 unspecified atom stereocenters. The van der Waals surface area contributed by atoms with E-state index in [2.05, 4.69) is 20.7 Å². The molecule has 2 aliphatic heterocycles. The molecule has 2 amide bonds. The Balaban J connectivity index is 1.56. The fourth-order valence-corrected chi connectivity index (χ4v) is 5.27. The minimum absolute atomic E-state index is 0.0333. The van der Waals surface area contributed by atoms with Gasteiger partial charge in [0.1, 0.15) is 17.0 Å². The van der Waals surface area contributed by atoms with E-state index < -0.39 is 5.41 Å². The largest absolute Gasteiger partial charge is 0.497 e. The number of carbonyl (C=O) groups is 2. The molecule has 4 heterocycles. The summed E-state index contributed by atoms with van der Waals surface area (Å²) in [5, 5.41) is 10.9. The number of ether oxygens (including phenoxy) is 1. The lowest BCUT2D eigenvalue weighted by Crippen LogP contribution is -2.43. The van der Waals surface area contributed by atoms with E-state index >= 15 is 0 Å². The van der Waals surface area contributed by atoms with Crippen molar-refractivity contribution in [3.05, 3.63) is 59.8 Å². The number of carbonyl (C=O) groups excluding carboxylic acids is 2. The van der Waals surface area contributed by atoms with Crippen molar-refractivity contribution in [2.75, 3.05) is 17.7 Å². The van der Waals surface area contributed by atoms with Crippen LogP contribution in [0.15, 0.2) is 48.7 Å². The highest BCUT2D eigenvalue weighted by Crippen LogP contribution is 2.50. The van der Waals surface area contributed by atoms with E-state index in [1.54, 1.807) is 18.0 Å². The van der Waals surface area contributed by atoms with E-state index in [0.717, 1.165) is 27.2 Å². The van der Waals surface area contributed by atoms with E-state index in [9.17, 15) is 9.59 Å². The lowest BCUT2D eigenvalue weighted by molar-refractivity contribution is -0.125. The van der Waals surface area contributed by atoms with Gasteiger partial charge in [-0.3, -0.25) is 9.59 Å². The van der Waals surface area contributed by atoms with Crippen LogP contribution in [0.1, 0.15) is 17.5 Å². The molecular weight excluding hydrogens is 402 g/mol. The van der Waals surface area contributed by atoms with Gasteiger partial charge < -0.3 is 15.4 Å². The summed E-state index contributed by atoms with van der Waals surface area (Å²) >= 11 is 1.43. The molecule has 9 heteroatoms. The molecule has 0 saturated carbocycles. The number of hydrogen-bond acceptors (Lipinski definition) is 6. The molecule has 4 aromatic rings. The van der Waals surface area contributed by atoms with Crippen molar-refractivity contribution in [1.29, 1.82) is 0 Å². The maximum Gasteiger partial charge on any atom is 0.240 e. The highest BCUT2D eigenvalue weighted by atomic mass is 32.1. The minimum atomic E-state index is -1.09. The molecule has 6 rings (SSSR count). The molecule has 1 spiro atoms. The molecule has 0 aliphatic carbocycles. The number of methoxy groups -OCH3 is 1. The molecular formula is C21H15N5O3S. The minimum Gasteiger partial charge on any atom is -0.497 e. The summed E-state index contributed by atoms with van der Waals surface area (Å²) in [6, 6.07) is 13.1. The smallest absolute Gasteiger partial charge is 0.240 e. The molecule has 148 valence electrons. The van der Waals surface area contributed by atoms with E-state index in [0.29, 0.717) is 16.5 Å². The van der Waals surface area contributed by atoms with E-state index in [1.165, 1.54) is 11.3 Å². The summed E-state index contributed by atoms with van der Waals surface area (Å²) in [6.45, 7) is 0. The number of thiazole rings is 1. The van der Waals surface area contributed by atoms with Gasteiger partial charge in [0.15, 0.2) is 0 Å². The fraction of sp³-hybridized carbons (Fsp3) is 0.143. The topological polar surface area (TPSA) is 98.1 Å². The Morgan fingerprint density at radius 3 is 2.87 bits per heavy atom. The molecule has 2 N–H and O–H groups in total.